The van der Waals surface area contributed by atoms with E-state index in [9.17, 15) is 0 Å². The van der Waals surface area contributed by atoms with E-state index < -0.39 is 0 Å². The van der Waals surface area contributed by atoms with Crippen LogP contribution in [0, 0.1) is 0 Å². The Morgan fingerprint density at radius 2 is 0.927 bits per heavy atom. The van der Waals surface area contributed by atoms with E-state index in [1.165, 1.54) is 72.0 Å². The largest absolute Gasteiger partial charge is 0.310 e. The van der Waals surface area contributed by atoms with Gasteiger partial charge >= 0.3 is 0 Å². The molecule has 1 heteroatoms. The van der Waals surface area contributed by atoms with E-state index in [1.807, 2.05) is 0 Å². The molecule has 10 rings (SSSR count). The molecule has 0 aliphatic heterocycles. The topological polar surface area (TPSA) is 3.24 Å². The van der Waals surface area contributed by atoms with Crippen molar-refractivity contribution in [1.82, 2.24) is 0 Å². The zero-order valence-corrected chi connectivity index (χ0v) is 30.7. The van der Waals surface area contributed by atoms with Gasteiger partial charge in [-0.05, 0) is 110 Å². The first-order valence-electron chi connectivity index (χ1n) is 19.1. The second-order valence-corrected chi connectivity index (χ2v) is 14.6. The van der Waals surface area contributed by atoms with Gasteiger partial charge in [-0.15, -0.1) is 0 Å². The van der Waals surface area contributed by atoms with Gasteiger partial charge in [0.1, 0.15) is 0 Å². The lowest BCUT2D eigenvalue weighted by atomic mass is 9.74. The highest BCUT2D eigenvalue weighted by atomic mass is 15.1. The van der Waals surface area contributed by atoms with Gasteiger partial charge in [-0.1, -0.05) is 182 Å². The molecule has 0 heterocycles. The fourth-order valence-corrected chi connectivity index (χ4v) is 8.82. The highest BCUT2D eigenvalue weighted by Gasteiger charge is 2.41. The van der Waals surface area contributed by atoms with E-state index in [1.54, 1.807) is 0 Å². The summed E-state index contributed by atoms with van der Waals surface area (Å²) < 4.78 is 0. The minimum atomic E-state index is -0.236. The van der Waals surface area contributed by atoms with Crippen LogP contribution in [0.1, 0.15) is 23.6 Å². The molecule has 0 spiro atoms. The minimum Gasteiger partial charge on any atom is -0.310 e. The molecule has 260 valence electrons. The Hall–Kier alpha value is -6.96. The van der Waals surface area contributed by atoms with E-state index in [0.717, 1.165) is 17.1 Å². The Morgan fingerprint density at radius 3 is 1.75 bits per heavy atom. The molecule has 0 aromatic heterocycles. The van der Waals surface area contributed by atoms with Gasteiger partial charge in [0.25, 0.3) is 0 Å². The lowest BCUT2D eigenvalue weighted by Crippen LogP contribution is -2.22. The molecule has 1 aliphatic carbocycles. The van der Waals surface area contributed by atoms with Crippen LogP contribution in [0.25, 0.3) is 55.3 Å². The minimum absolute atomic E-state index is 0.236. The summed E-state index contributed by atoms with van der Waals surface area (Å²) in [7, 11) is 0. The first kappa shape index (κ1) is 32.7. The van der Waals surface area contributed by atoms with Crippen molar-refractivity contribution < 1.29 is 0 Å². The third kappa shape index (κ3) is 5.56. The van der Waals surface area contributed by atoms with Crippen molar-refractivity contribution in [3.05, 3.63) is 235 Å². The number of anilines is 3. The summed E-state index contributed by atoms with van der Waals surface area (Å²) in [5.41, 5.74) is 17.1. The van der Waals surface area contributed by atoms with Crippen molar-refractivity contribution >= 4 is 27.8 Å². The molecule has 55 heavy (non-hydrogen) atoms. The van der Waals surface area contributed by atoms with Crippen LogP contribution in [-0.4, -0.2) is 0 Å². The number of hydrogen-bond acceptors (Lipinski definition) is 1. The van der Waals surface area contributed by atoms with Crippen LogP contribution in [0.4, 0.5) is 17.1 Å². The van der Waals surface area contributed by atoms with Crippen LogP contribution in [0.15, 0.2) is 218 Å². The number of rotatable bonds is 7. The number of hydrogen-bond donors (Lipinski definition) is 0. The van der Waals surface area contributed by atoms with Gasteiger partial charge in [-0.2, -0.15) is 0 Å². The molecule has 0 amide bonds. The van der Waals surface area contributed by atoms with Crippen molar-refractivity contribution in [2.45, 2.75) is 12.3 Å². The van der Waals surface area contributed by atoms with E-state index >= 15 is 0 Å². The molecule has 0 bridgehead atoms. The molecule has 0 fully saturated rings. The smallest absolute Gasteiger partial charge is 0.0540 e. The number of nitrogens with zero attached hydrogens (tertiary/aromatic N) is 1. The fraction of sp³-hybridized carbons (Fsp3) is 0.0370. The van der Waals surface area contributed by atoms with Crippen LogP contribution in [0.3, 0.4) is 0 Å². The summed E-state index contributed by atoms with van der Waals surface area (Å²) in [5.74, 6) is 0. The maximum atomic E-state index is 2.41. The quantitative estimate of drug-likeness (QED) is 0.160. The zero-order valence-electron chi connectivity index (χ0n) is 30.7. The van der Waals surface area contributed by atoms with E-state index in [2.05, 4.69) is 230 Å². The molecule has 0 saturated heterocycles. The molecule has 1 atom stereocenters. The van der Waals surface area contributed by atoms with Crippen LogP contribution in [0.5, 0.6) is 0 Å². The Labute approximate surface area is 323 Å². The van der Waals surface area contributed by atoms with Crippen molar-refractivity contribution in [2.75, 3.05) is 4.90 Å². The predicted molar refractivity (Wildman–Crippen MR) is 232 cm³/mol. The van der Waals surface area contributed by atoms with Gasteiger partial charge in [-0.25, -0.2) is 0 Å². The highest BCUT2D eigenvalue weighted by Crippen LogP contribution is 2.55. The van der Waals surface area contributed by atoms with Crippen molar-refractivity contribution in [3.63, 3.8) is 0 Å². The second-order valence-electron chi connectivity index (χ2n) is 14.6. The Balaban J connectivity index is 1.10. The highest BCUT2D eigenvalue weighted by molar-refractivity contribution is 6.00. The third-order valence-electron chi connectivity index (χ3n) is 11.5. The molecule has 0 N–H and O–H groups in total. The Bertz CT molecular complexity index is 2810. The summed E-state index contributed by atoms with van der Waals surface area (Å²) >= 11 is 0. The SMILES string of the molecule is CC1(c2ccccc2)c2ccccc2-c2c(-c3ccc(N(c4cccc(-c5cccc(-c6ccccc6)c5)c4)c4cccc5ccccc45)cc3)cccc21. The standard InChI is InChI=1S/C54H39N/c1-54(44-23-6-3-7-24-44)50-29-11-10-27-49(50)53-48(28-15-30-51(53)54)40-32-34-45(35-33-40)55(52-31-14-19-39-18-8-9-26-47(39)52)46-25-13-22-43(37-46)42-21-12-20-41(36-42)38-16-4-2-5-17-38/h2-37H,1H3. The summed E-state index contributed by atoms with van der Waals surface area (Å²) in [4.78, 5) is 2.41. The van der Waals surface area contributed by atoms with Gasteiger partial charge in [0, 0.05) is 22.2 Å². The monoisotopic (exact) mass is 701 g/mol. The average molecular weight is 702 g/mol. The molecule has 1 aliphatic rings. The maximum absolute atomic E-state index is 2.41. The Kier molecular flexibility index (Phi) is 8.00. The molecule has 9 aromatic rings. The van der Waals surface area contributed by atoms with Gasteiger partial charge in [-0.3, -0.25) is 0 Å². The first-order chi connectivity index (χ1) is 27.2. The van der Waals surface area contributed by atoms with Gasteiger partial charge in [0.15, 0.2) is 0 Å². The lowest BCUT2D eigenvalue weighted by molar-refractivity contribution is 0.714. The van der Waals surface area contributed by atoms with E-state index in [0.29, 0.717) is 0 Å². The summed E-state index contributed by atoms with van der Waals surface area (Å²) in [6, 6.07) is 79.6. The first-order valence-corrected chi connectivity index (χ1v) is 19.1. The maximum Gasteiger partial charge on any atom is 0.0540 e. The molecular weight excluding hydrogens is 663 g/mol. The number of fused-ring (bicyclic) bond motifs is 4. The Morgan fingerprint density at radius 1 is 0.364 bits per heavy atom. The molecule has 1 unspecified atom stereocenters. The normalized spacial score (nSPS) is 14.3. The van der Waals surface area contributed by atoms with Crippen LogP contribution >= 0.6 is 0 Å². The van der Waals surface area contributed by atoms with Crippen LogP contribution < -0.4 is 4.90 Å². The molecule has 0 radical (unpaired) electrons. The molecule has 9 aromatic carbocycles. The van der Waals surface area contributed by atoms with Crippen molar-refractivity contribution in [3.8, 4) is 44.5 Å². The summed E-state index contributed by atoms with van der Waals surface area (Å²) in [5, 5.41) is 2.43. The van der Waals surface area contributed by atoms with Crippen LogP contribution in [0.2, 0.25) is 0 Å². The average Bonchev–Trinajstić information content (AvgIpc) is 3.54. The van der Waals surface area contributed by atoms with Gasteiger partial charge in [0.2, 0.25) is 0 Å². The van der Waals surface area contributed by atoms with Gasteiger partial charge < -0.3 is 4.90 Å². The van der Waals surface area contributed by atoms with Crippen LogP contribution in [-0.2, 0) is 5.41 Å². The third-order valence-corrected chi connectivity index (χ3v) is 11.5. The van der Waals surface area contributed by atoms with Gasteiger partial charge in [0.05, 0.1) is 5.69 Å². The summed E-state index contributed by atoms with van der Waals surface area (Å²) in [6.07, 6.45) is 0. The van der Waals surface area contributed by atoms with E-state index in [-0.39, 0.29) is 5.41 Å². The second kappa shape index (κ2) is 13.5. The van der Waals surface area contributed by atoms with Crippen molar-refractivity contribution in [1.29, 1.82) is 0 Å². The van der Waals surface area contributed by atoms with Crippen molar-refractivity contribution in [2.24, 2.45) is 0 Å². The number of benzene rings is 9. The molecule has 0 saturated carbocycles. The lowest BCUT2D eigenvalue weighted by Gasteiger charge is -2.28. The van der Waals surface area contributed by atoms with E-state index in [4.69, 9.17) is 0 Å². The summed E-state index contributed by atoms with van der Waals surface area (Å²) in [6.45, 7) is 2.38. The fourth-order valence-electron chi connectivity index (χ4n) is 8.82. The predicted octanol–water partition coefficient (Wildman–Crippen LogP) is 14.6. The zero-order chi connectivity index (χ0) is 36.8. The molecular formula is C54H39N. The molecule has 1 nitrogen and oxygen atoms in total.